The van der Waals surface area contributed by atoms with Crippen molar-refractivity contribution in [1.82, 2.24) is 0 Å². The average molecular weight is 1910 g/mol. The minimum atomic E-state index is -0.582. The minimum Gasteiger partial charge on any atom is -0.465 e. The van der Waals surface area contributed by atoms with E-state index in [0.29, 0.717) is 109 Å². The molecule has 0 aromatic heterocycles. The average Bonchev–Trinajstić information content (AvgIpc) is 1.43. The Morgan fingerprint density at radius 3 is 1.49 bits per heavy atom. The fourth-order valence-corrected chi connectivity index (χ4v) is 37.0. The van der Waals surface area contributed by atoms with Crippen LogP contribution >= 0.6 is 11.6 Å². The van der Waals surface area contributed by atoms with E-state index in [2.05, 4.69) is 67.7 Å². The van der Waals surface area contributed by atoms with Gasteiger partial charge in [0.05, 0.1) is 56.7 Å². The lowest BCUT2D eigenvalue weighted by Crippen LogP contribution is -2.55. The van der Waals surface area contributed by atoms with Gasteiger partial charge in [-0.2, -0.15) is 0 Å². The minimum absolute atomic E-state index is 0.0138. The molecule has 38 unspecified atom stereocenters. The molecule has 3 saturated heterocycles. The number of aliphatic hydroxyl groups excluding tert-OH is 1. The zero-order valence-corrected chi connectivity index (χ0v) is 81.4. The van der Waals surface area contributed by atoms with Crippen LogP contribution in [0, 0.1) is 207 Å². The molecular weight excluding hydrogens is 1760 g/mol. The number of carbonyl (C=O) groups is 11. The molecule has 29 fully saturated rings. The van der Waals surface area contributed by atoms with Crippen molar-refractivity contribution in [3.63, 3.8) is 0 Å². The van der Waals surface area contributed by atoms with Gasteiger partial charge in [-0.15, -0.1) is 0 Å². The van der Waals surface area contributed by atoms with E-state index < -0.39 is 23.9 Å². The van der Waals surface area contributed by atoms with Crippen molar-refractivity contribution >= 4 is 77.1 Å². The summed E-state index contributed by atoms with van der Waals surface area (Å²) in [5.41, 5.74) is -0.412. The standard InChI is InChI=1S/C26H34O4.C15H20O3.C13H16O4.C13H16O3.C12H18.C11H12O4.C10H14.C8H14O4.C4H5ClO2/c1-2-22(27)29-21-9-17-8-20(21)24-16-6-18(23(17)24)19(7-16)25(28)30-26-10-13-3-14(11-26)5-15(4-13)12-26;1-2-13(17)18-12-6-8-4-10(12)15-7-3-9(14(8)15)11(16)5-7;1-2-11(14)17-12-8-3-7-4-9(6-8)13(15)16-10(12)5-7;1-2-11(14)16-13-9-4-7-3-8(6-9)12(15)10(13)5-7;1-2-8-5-7(1)11-9-3-4-10(6-9)12(8)11;1-2-9(12)14-8-5-11-3-6(8)7(4-11)10(13)15-11;1-2-9-7-4-5-8(6-7)10(9)3-1;1-3-8(9)12-7-6-11-5-4-10-2;1-3(5)4(6)7-2/h2,13-21,23-24H,1,3-12H2;2,7-12,14-16H,1,3-6H2;2,7-10,12H,1,3-6H2;2,7-10,13H,1,3-6H2;7-12H,1-6H2;2,6-8H,1,3-5H2;1-2,7-10H,3-6H2;3H,1,4-7H2,2H3;1H2,2H3. The first-order valence-corrected chi connectivity index (χ1v) is 53.4. The lowest BCUT2D eigenvalue weighted by Gasteiger charge is -2.56. The van der Waals surface area contributed by atoms with Gasteiger partial charge in [0.15, 0.2) is 0 Å². The first-order chi connectivity index (χ1) is 66.1. The molecule has 27 aliphatic carbocycles. The Morgan fingerprint density at radius 1 is 0.423 bits per heavy atom. The zero-order chi connectivity index (χ0) is 95.9. The molecule has 3 aliphatic heterocycles. The predicted octanol–water partition coefficient (Wildman–Crippen LogP) is 17.2. The quantitative estimate of drug-likeness (QED) is 0.0295. The summed E-state index contributed by atoms with van der Waals surface area (Å²) >= 11 is 5.06. The fraction of sp³-hybridized carbons (Fsp3) is 0.759. The summed E-state index contributed by atoms with van der Waals surface area (Å²) in [6.45, 7) is 25.3. The lowest BCUT2D eigenvalue weighted by molar-refractivity contribution is -0.194. The second-order valence-corrected chi connectivity index (χ2v) is 47.7. The Kier molecular flexibility index (Phi) is 29.4. The molecule has 38 atom stereocenters. The topological polar surface area (TPSA) is 319 Å². The third-order valence-electron chi connectivity index (χ3n) is 40.6. The van der Waals surface area contributed by atoms with Gasteiger partial charge >= 0.3 is 59.7 Å². The van der Waals surface area contributed by atoms with Crippen LogP contribution in [-0.4, -0.2) is 165 Å². The van der Waals surface area contributed by atoms with Gasteiger partial charge in [0.2, 0.25) is 0 Å². The normalized spacial score (nSPS) is 46.2. The molecule has 24 nitrogen and oxygen atoms in total. The van der Waals surface area contributed by atoms with E-state index in [1.54, 1.807) is 58.5 Å². The number of hydrogen-bond acceptors (Lipinski definition) is 24. The Hall–Kier alpha value is -7.54. The molecule has 3 heterocycles. The highest BCUT2D eigenvalue weighted by Crippen LogP contribution is 2.73. The molecule has 1 spiro atoms. The van der Waals surface area contributed by atoms with Gasteiger partial charge in [0.1, 0.15) is 65.2 Å². The molecular formula is C112H149ClO24. The lowest BCUT2D eigenvalue weighted by atomic mass is 9.54. The van der Waals surface area contributed by atoms with Crippen molar-refractivity contribution in [3.8, 4) is 0 Å². The number of aliphatic hydroxyl groups is 1. The van der Waals surface area contributed by atoms with Gasteiger partial charge in [-0.05, 0) is 378 Å². The van der Waals surface area contributed by atoms with Gasteiger partial charge in [0.25, 0.3) is 0 Å². The van der Waals surface area contributed by atoms with Crippen LogP contribution in [0.5, 0.6) is 0 Å². The van der Waals surface area contributed by atoms with Gasteiger partial charge in [0, 0.05) is 74.2 Å². The van der Waals surface area contributed by atoms with Crippen molar-refractivity contribution in [3.05, 3.63) is 99.7 Å². The number of hydrogen-bond donors (Lipinski definition) is 1. The van der Waals surface area contributed by atoms with E-state index in [1.807, 2.05) is 0 Å². The van der Waals surface area contributed by atoms with E-state index in [9.17, 15) is 57.8 Å². The van der Waals surface area contributed by atoms with Crippen LogP contribution < -0.4 is 0 Å². The van der Waals surface area contributed by atoms with Crippen LogP contribution in [0.25, 0.3) is 0 Å². The van der Waals surface area contributed by atoms with E-state index >= 15 is 0 Å². The number of Topliss-reactive ketones (excluding diaryl/α,β-unsaturated/α-hetero) is 1. The first-order valence-electron chi connectivity index (χ1n) is 53.1. The number of allylic oxidation sites excluding steroid dienone is 2. The maximum Gasteiger partial charge on any atom is 0.348 e. The number of methoxy groups -OCH3 is 2. The molecule has 0 amide bonds. The third-order valence-corrected chi connectivity index (χ3v) is 40.7. The molecule has 137 heavy (non-hydrogen) atoms. The van der Waals surface area contributed by atoms with Gasteiger partial charge in [-0.1, -0.05) is 69.8 Å². The van der Waals surface area contributed by atoms with Crippen molar-refractivity contribution < 1.29 is 115 Å². The number of fused-ring (bicyclic) bond motifs is 36. The van der Waals surface area contributed by atoms with Crippen molar-refractivity contribution in [2.45, 2.75) is 279 Å². The summed E-state index contributed by atoms with van der Waals surface area (Å²) in [6.07, 6.45) is 53.7. The molecule has 30 rings (SSSR count). The van der Waals surface area contributed by atoms with E-state index in [4.69, 9.17) is 59.0 Å². The summed E-state index contributed by atoms with van der Waals surface area (Å²) in [4.78, 5) is 126. The summed E-state index contributed by atoms with van der Waals surface area (Å²) in [5, 5.41) is 9.95. The molecule has 26 saturated carbocycles. The van der Waals surface area contributed by atoms with E-state index in [-0.39, 0.29) is 143 Å². The van der Waals surface area contributed by atoms with Crippen molar-refractivity contribution in [2.24, 2.45) is 207 Å². The number of esters is 10. The second kappa shape index (κ2) is 41.1. The molecule has 30 aliphatic rings. The third kappa shape index (κ3) is 19.6. The molecule has 0 aromatic rings. The highest BCUT2D eigenvalue weighted by molar-refractivity contribution is 6.40. The summed E-state index contributed by atoms with van der Waals surface area (Å²) in [6, 6.07) is 0. The number of halogens is 1. The SMILES string of the molecule is C1=CC2C3CCC(C3)C2C1.C1CC2CC1C1C3CCC(C3)C21.C=C(Cl)C(=O)OC.C=CC(=O)OC1C2CC3CC(C2)C(=O)C1C3.C=CC(=O)OC1C2CC3CC(C2)C(=O)OC1C3.C=CC(=O)OC1CC23CC(C(=O)O2)C1C3.C=CC(=O)OC1CC2CC1C1C3CC(C(=O)OC45CC6CC(CC(C6)C4)C5)C(C3)C21.C=CC(=O)OC1CC2CC1C1C3CC(O)C(C3)C21.C=CC(=O)OCCOCCOC. The van der Waals surface area contributed by atoms with Crippen LogP contribution in [0.4, 0.5) is 0 Å². The van der Waals surface area contributed by atoms with Gasteiger partial charge in [-0.3, -0.25) is 19.2 Å². The van der Waals surface area contributed by atoms with Gasteiger partial charge < -0.3 is 61.9 Å². The second-order valence-electron chi connectivity index (χ2n) is 47.3. The van der Waals surface area contributed by atoms with Crippen LogP contribution in [0.2, 0.25) is 0 Å². The Labute approximate surface area is 813 Å². The predicted molar refractivity (Wildman–Crippen MR) is 503 cm³/mol. The molecule has 29 bridgehead atoms. The Balaban J connectivity index is 0.000000101. The van der Waals surface area contributed by atoms with E-state index in [0.717, 1.165) is 175 Å². The molecule has 0 radical (unpaired) electrons. The van der Waals surface area contributed by atoms with Crippen LogP contribution in [0.1, 0.15) is 225 Å². The smallest absolute Gasteiger partial charge is 0.348 e. The fourth-order valence-electron chi connectivity index (χ4n) is 36.9. The highest BCUT2D eigenvalue weighted by Gasteiger charge is 2.71. The van der Waals surface area contributed by atoms with E-state index in [1.165, 1.54) is 125 Å². The number of carbonyl (C=O) groups excluding carboxylic acids is 11. The Morgan fingerprint density at radius 2 is 0.920 bits per heavy atom. The number of ketones is 1. The first kappa shape index (κ1) is 98.2. The highest BCUT2D eigenvalue weighted by atomic mass is 35.5. The Bertz CT molecular complexity index is 4580. The maximum absolute atomic E-state index is 13.5. The van der Waals surface area contributed by atoms with Crippen LogP contribution in [-0.2, 0) is 110 Å². The van der Waals surface area contributed by atoms with Gasteiger partial charge in [-0.25, -0.2) is 33.6 Å². The number of ether oxygens (including phenoxy) is 12. The van der Waals surface area contributed by atoms with Crippen molar-refractivity contribution in [1.29, 1.82) is 0 Å². The zero-order valence-electron chi connectivity index (χ0n) is 80.6. The number of rotatable bonds is 20. The van der Waals surface area contributed by atoms with Crippen molar-refractivity contribution in [2.75, 3.05) is 40.6 Å². The molecule has 25 heteroatoms. The maximum atomic E-state index is 13.5. The summed E-state index contributed by atoms with van der Waals surface area (Å²) < 4.78 is 63.0. The summed E-state index contributed by atoms with van der Waals surface area (Å²) in [5.74, 6) is 21.7. The molecule has 0 aromatic carbocycles. The summed E-state index contributed by atoms with van der Waals surface area (Å²) in [7, 11) is 2.84. The largest absolute Gasteiger partial charge is 0.465 e. The van der Waals surface area contributed by atoms with Crippen LogP contribution in [0.3, 0.4) is 0 Å². The van der Waals surface area contributed by atoms with Crippen LogP contribution in [0.15, 0.2) is 99.7 Å². The monoisotopic (exact) mass is 1910 g/mol. The molecule has 1 N–H and O–H groups in total. The molecule has 748 valence electrons.